The summed E-state index contributed by atoms with van der Waals surface area (Å²) in [5.74, 6) is 1.69. The molecule has 0 saturated heterocycles. The predicted molar refractivity (Wildman–Crippen MR) is 98.1 cm³/mol. The van der Waals surface area contributed by atoms with Gasteiger partial charge < -0.3 is 15.2 Å². The van der Waals surface area contributed by atoms with Gasteiger partial charge in [0.05, 0.1) is 0 Å². The molecule has 1 aromatic heterocycles. The summed E-state index contributed by atoms with van der Waals surface area (Å²) in [5.41, 5.74) is 0. The molecular formula is C17H24N6S. The van der Waals surface area contributed by atoms with Gasteiger partial charge in [-0.25, -0.2) is 4.99 Å². The minimum atomic E-state index is 0.294. The van der Waals surface area contributed by atoms with Crippen LogP contribution in [0.25, 0.3) is 0 Å². The normalized spacial score (nSPS) is 16.0. The monoisotopic (exact) mass is 344 g/mol. The van der Waals surface area contributed by atoms with Crippen molar-refractivity contribution in [3.05, 3.63) is 42.5 Å². The Labute approximate surface area is 147 Å². The number of nitrogens with one attached hydrogen (secondary N) is 2. The summed E-state index contributed by atoms with van der Waals surface area (Å²) >= 11 is 1.96. The molecule has 3 rings (SSSR count). The van der Waals surface area contributed by atoms with E-state index in [0.29, 0.717) is 11.3 Å². The van der Waals surface area contributed by atoms with E-state index in [0.717, 1.165) is 24.9 Å². The molecule has 7 heteroatoms. The fourth-order valence-corrected chi connectivity index (χ4v) is 3.62. The summed E-state index contributed by atoms with van der Waals surface area (Å²) in [4.78, 5) is 5.95. The third-order valence-electron chi connectivity index (χ3n) is 3.99. The van der Waals surface area contributed by atoms with Crippen LogP contribution in [0.2, 0.25) is 0 Å². The number of thioether (sulfide) groups is 1. The van der Waals surface area contributed by atoms with Crippen molar-refractivity contribution in [3.63, 3.8) is 0 Å². The summed E-state index contributed by atoms with van der Waals surface area (Å²) in [6.45, 7) is 4.34. The number of guanidine groups is 1. The first-order valence-electron chi connectivity index (χ1n) is 8.30. The zero-order valence-electron chi connectivity index (χ0n) is 14.2. The highest BCUT2D eigenvalue weighted by atomic mass is 32.2. The van der Waals surface area contributed by atoms with E-state index in [1.807, 2.05) is 23.4 Å². The van der Waals surface area contributed by atoms with E-state index in [1.54, 1.807) is 6.33 Å². The maximum Gasteiger partial charge on any atom is 0.191 e. The Morgan fingerprint density at radius 3 is 2.71 bits per heavy atom. The van der Waals surface area contributed by atoms with Crippen molar-refractivity contribution in [2.24, 2.45) is 12.0 Å². The third-order valence-corrected chi connectivity index (χ3v) is 5.48. The van der Waals surface area contributed by atoms with Gasteiger partial charge in [0, 0.05) is 29.8 Å². The smallest absolute Gasteiger partial charge is 0.191 e. The predicted octanol–water partition coefficient (Wildman–Crippen LogP) is 2.20. The van der Waals surface area contributed by atoms with Crippen LogP contribution in [-0.4, -0.2) is 38.6 Å². The summed E-state index contributed by atoms with van der Waals surface area (Å²) in [7, 11) is 1.93. The van der Waals surface area contributed by atoms with E-state index < -0.39 is 0 Å². The van der Waals surface area contributed by atoms with E-state index in [-0.39, 0.29) is 0 Å². The number of aryl methyl sites for hydroxylation is 1. The van der Waals surface area contributed by atoms with Crippen LogP contribution in [0.4, 0.5) is 0 Å². The van der Waals surface area contributed by atoms with E-state index in [1.165, 1.54) is 17.7 Å². The number of hydrogen-bond acceptors (Lipinski definition) is 4. The number of aliphatic imine (C=N–C) groups is 1. The van der Waals surface area contributed by atoms with Gasteiger partial charge in [-0.15, -0.1) is 22.0 Å². The SMILES string of the molecule is CCNC(=NCc1nncn1C)NCC1(Sc2ccccc2)CC1. The van der Waals surface area contributed by atoms with Gasteiger partial charge in [-0.2, -0.15) is 0 Å². The number of nitrogens with zero attached hydrogens (tertiary/aromatic N) is 4. The molecule has 0 unspecified atom stereocenters. The van der Waals surface area contributed by atoms with Gasteiger partial charge in [0.25, 0.3) is 0 Å². The Morgan fingerprint density at radius 2 is 2.08 bits per heavy atom. The molecule has 1 saturated carbocycles. The van der Waals surface area contributed by atoms with E-state index in [4.69, 9.17) is 0 Å². The number of hydrogen-bond donors (Lipinski definition) is 2. The fraction of sp³-hybridized carbons (Fsp3) is 0.471. The summed E-state index contributed by atoms with van der Waals surface area (Å²) in [6, 6.07) is 10.6. The lowest BCUT2D eigenvalue weighted by atomic mass is 10.4. The molecule has 0 radical (unpaired) electrons. The van der Waals surface area contributed by atoms with Gasteiger partial charge in [0.2, 0.25) is 0 Å². The summed E-state index contributed by atoms with van der Waals surface area (Å²) in [6.07, 6.45) is 4.17. The molecule has 0 spiro atoms. The molecule has 1 aliphatic rings. The van der Waals surface area contributed by atoms with Crippen molar-refractivity contribution in [3.8, 4) is 0 Å². The molecular weight excluding hydrogens is 320 g/mol. The van der Waals surface area contributed by atoms with Crippen LogP contribution in [0.1, 0.15) is 25.6 Å². The molecule has 1 aliphatic carbocycles. The maximum absolute atomic E-state index is 4.62. The van der Waals surface area contributed by atoms with Crippen LogP contribution in [0.15, 0.2) is 46.5 Å². The Hall–Kier alpha value is -2.02. The lowest BCUT2D eigenvalue weighted by Crippen LogP contribution is -2.41. The Bertz CT molecular complexity index is 677. The molecule has 1 fully saturated rings. The van der Waals surface area contributed by atoms with E-state index in [9.17, 15) is 0 Å². The Balaban J connectivity index is 1.57. The topological polar surface area (TPSA) is 67.1 Å². The molecule has 2 N–H and O–H groups in total. The number of rotatable bonds is 7. The van der Waals surface area contributed by atoms with Gasteiger partial charge in [-0.1, -0.05) is 18.2 Å². The van der Waals surface area contributed by atoms with Crippen LogP contribution in [-0.2, 0) is 13.6 Å². The van der Waals surface area contributed by atoms with Crippen LogP contribution >= 0.6 is 11.8 Å². The third kappa shape index (κ3) is 4.50. The standard InChI is InChI=1S/C17H24N6S/c1-3-18-16(19-11-15-22-21-13-23(15)2)20-12-17(9-10-17)24-14-7-5-4-6-8-14/h4-8,13H,3,9-12H2,1-2H3,(H2,18,19,20). The minimum absolute atomic E-state index is 0.294. The quantitative estimate of drug-likeness (QED) is 0.595. The first-order chi connectivity index (χ1) is 11.7. The van der Waals surface area contributed by atoms with Crippen LogP contribution in [0.3, 0.4) is 0 Å². The highest BCUT2D eigenvalue weighted by molar-refractivity contribution is 8.01. The van der Waals surface area contributed by atoms with Gasteiger partial charge in [-0.05, 0) is 31.9 Å². The molecule has 0 amide bonds. The average Bonchev–Trinajstić information content (AvgIpc) is 3.23. The van der Waals surface area contributed by atoms with Crippen molar-refractivity contribution < 1.29 is 0 Å². The second-order valence-electron chi connectivity index (χ2n) is 6.00. The van der Waals surface area contributed by atoms with Crippen LogP contribution in [0.5, 0.6) is 0 Å². The second kappa shape index (κ2) is 7.70. The molecule has 0 aliphatic heterocycles. The van der Waals surface area contributed by atoms with E-state index >= 15 is 0 Å². The highest BCUT2D eigenvalue weighted by Crippen LogP contribution is 2.51. The molecule has 2 aromatic rings. The lowest BCUT2D eigenvalue weighted by Gasteiger charge is -2.18. The average molecular weight is 344 g/mol. The first-order valence-corrected chi connectivity index (χ1v) is 9.11. The zero-order chi connectivity index (χ0) is 16.8. The van der Waals surface area contributed by atoms with Gasteiger partial charge in [-0.3, -0.25) is 0 Å². The molecule has 1 aromatic carbocycles. The van der Waals surface area contributed by atoms with Gasteiger partial charge >= 0.3 is 0 Å². The van der Waals surface area contributed by atoms with Crippen molar-refractivity contribution in [2.45, 2.75) is 36.0 Å². The molecule has 6 nitrogen and oxygen atoms in total. The van der Waals surface area contributed by atoms with Crippen LogP contribution in [0, 0.1) is 0 Å². The Morgan fingerprint density at radius 1 is 1.29 bits per heavy atom. The summed E-state index contributed by atoms with van der Waals surface area (Å²) in [5, 5.41) is 14.7. The minimum Gasteiger partial charge on any atom is -0.357 e. The van der Waals surface area contributed by atoms with Crippen molar-refractivity contribution in [2.75, 3.05) is 13.1 Å². The highest BCUT2D eigenvalue weighted by Gasteiger charge is 2.43. The summed E-state index contributed by atoms with van der Waals surface area (Å²) < 4.78 is 2.18. The lowest BCUT2D eigenvalue weighted by molar-refractivity contribution is 0.749. The molecule has 24 heavy (non-hydrogen) atoms. The van der Waals surface area contributed by atoms with Crippen molar-refractivity contribution in [1.82, 2.24) is 25.4 Å². The maximum atomic E-state index is 4.62. The van der Waals surface area contributed by atoms with E-state index in [2.05, 4.69) is 63.1 Å². The Kier molecular flexibility index (Phi) is 5.40. The van der Waals surface area contributed by atoms with Gasteiger partial charge in [0.15, 0.2) is 11.8 Å². The molecule has 0 bridgehead atoms. The molecule has 128 valence electrons. The van der Waals surface area contributed by atoms with Crippen LogP contribution < -0.4 is 10.6 Å². The second-order valence-corrected chi connectivity index (χ2v) is 7.55. The molecule has 0 atom stereocenters. The van der Waals surface area contributed by atoms with Crippen molar-refractivity contribution in [1.29, 1.82) is 0 Å². The molecule has 1 heterocycles. The number of aromatic nitrogens is 3. The zero-order valence-corrected chi connectivity index (χ0v) is 15.0. The largest absolute Gasteiger partial charge is 0.357 e. The first kappa shape index (κ1) is 16.8. The van der Waals surface area contributed by atoms with Crippen molar-refractivity contribution >= 4 is 17.7 Å². The fourth-order valence-electron chi connectivity index (χ4n) is 2.38. The van der Waals surface area contributed by atoms with Gasteiger partial charge in [0.1, 0.15) is 12.9 Å². The number of benzene rings is 1.